The summed E-state index contributed by atoms with van der Waals surface area (Å²) in [7, 11) is 3.07. The van der Waals surface area contributed by atoms with Gasteiger partial charge >= 0.3 is 12.1 Å². The van der Waals surface area contributed by atoms with Gasteiger partial charge in [0.2, 0.25) is 5.91 Å². The van der Waals surface area contributed by atoms with Crippen LogP contribution in [0, 0.1) is 12.7 Å². The lowest BCUT2D eigenvalue weighted by atomic mass is 9.81. The van der Waals surface area contributed by atoms with Crippen LogP contribution in [0.4, 0.5) is 9.18 Å². The van der Waals surface area contributed by atoms with Crippen molar-refractivity contribution in [2.75, 3.05) is 144 Å². The van der Waals surface area contributed by atoms with Crippen LogP contribution in [0.1, 0.15) is 79.0 Å². The molecule has 0 bridgehead atoms. The standard InChI is InChI=1S/C51H73FN4O16S2/c1-4-10-62-12-14-64-16-18-66-20-22-68-24-26-70-27-25-69-23-21-67-19-17-65-15-13-63-11-8-44(57)53-9-29-73-74-30-28-71-50(60)55-41-7-6-36-35(3)40(52)32-42-45(36)46(41)37-33-56-43(47(37)54-42)31-39-38(48(56)58)34-72-49(59)51(39,61)5-2/h31-32,41,61H,4-30,33-34H2,1-3H3,(H,53,57)(H,55,60)/t41-,51-/m0/s1. The van der Waals surface area contributed by atoms with Crippen molar-refractivity contribution in [1.29, 1.82) is 0 Å². The number of carbonyl (C=O) groups excluding carboxylic acids is 3. The fraction of sp³-hybridized carbons (Fsp3) is 0.667. The Labute approximate surface area is 439 Å². The van der Waals surface area contributed by atoms with Crippen molar-refractivity contribution in [3.05, 3.63) is 61.7 Å². The average molecular weight is 1080 g/mol. The quantitative estimate of drug-likeness (QED) is 0.0314. The summed E-state index contributed by atoms with van der Waals surface area (Å²) < 4.78 is 76.8. The number of aromatic nitrogens is 2. The molecular weight excluding hydrogens is 1010 g/mol. The van der Waals surface area contributed by atoms with Gasteiger partial charge in [-0.15, -0.1) is 0 Å². The number of esters is 1. The zero-order valence-corrected chi connectivity index (χ0v) is 44.5. The van der Waals surface area contributed by atoms with Gasteiger partial charge in [0.1, 0.15) is 19.0 Å². The Morgan fingerprint density at radius 1 is 0.770 bits per heavy atom. The monoisotopic (exact) mass is 1080 g/mol. The minimum absolute atomic E-state index is 0.00120. The van der Waals surface area contributed by atoms with Gasteiger partial charge in [0.05, 0.1) is 147 Å². The first-order valence-electron chi connectivity index (χ1n) is 25.5. The van der Waals surface area contributed by atoms with Crippen LogP contribution < -0.4 is 16.2 Å². The van der Waals surface area contributed by atoms with Crippen molar-refractivity contribution < 1.29 is 76.0 Å². The zero-order chi connectivity index (χ0) is 52.5. The van der Waals surface area contributed by atoms with Crippen molar-refractivity contribution in [3.63, 3.8) is 0 Å². The summed E-state index contributed by atoms with van der Waals surface area (Å²) in [6.45, 7) is 14.7. The van der Waals surface area contributed by atoms with E-state index in [0.717, 1.165) is 29.5 Å². The summed E-state index contributed by atoms with van der Waals surface area (Å²) in [4.78, 5) is 56.9. The van der Waals surface area contributed by atoms with Crippen molar-refractivity contribution in [2.45, 2.75) is 77.7 Å². The largest absolute Gasteiger partial charge is 0.458 e. The third-order valence-electron chi connectivity index (χ3n) is 12.5. The molecule has 0 spiro atoms. The molecule has 2 aliphatic heterocycles. The SMILES string of the molecule is CCCOCCOCCOCCOCCOCCOCCOCCOCCOCCC(=O)NCCSSCCOC(=O)N[C@H]1CCc2c(C)c(F)cc3nc4c(c1c23)Cn1c-4cc2c(c1=O)COC(=O)[C@]2(O)CC. The second-order valence-electron chi connectivity index (χ2n) is 17.4. The number of aryl methyl sites for hydroxylation is 1. The van der Waals surface area contributed by atoms with Crippen LogP contribution in [-0.2, 0) is 86.9 Å². The topological polar surface area (TPSA) is 232 Å². The molecule has 1 aromatic carbocycles. The van der Waals surface area contributed by atoms with Crippen molar-refractivity contribution in [3.8, 4) is 11.4 Å². The zero-order valence-electron chi connectivity index (χ0n) is 42.9. The molecule has 3 aromatic rings. The van der Waals surface area contributed by atoms with E-state index < -0.39 is 35.1 Å². The average Bonchev–Trinajstić information content (AvgIpc) is 3.80. The second-order valence-corrected chi connectivity index (χ2v) is 20.1. The minimum atomic E-state index is -1.99. The molecule has 1 aliphatic carbocycles. The highest BCUT2D eigenvalue weighted by Gasteiger charge is 2.46. The number of nitrogens with zero attached hydrogens (tertiary/aromatic N) is 2. The molecule has 0 saturated carbocycles. The molecule has 0 radical (unpaired) electrons. The number of nitrogens with one attached hydrogen (secondary N) is 2. The predicted octanol–water partition coefficient (Wildman–Crippen LogP) is 4.69. The summed E-state index contributed by atoms with van der Waals surface area (Å²) in [5, 5.41) is 18.0. The molecule has 0 unspecified atom stereocenters. The molecule has 2 aromatic heterocycles. The smallest absolute Gasteiger partial charge is 0.407 e. The maximum absolute atomic E-state index is 15.3. The van der Waals surface area contributed by atoms with E-state index in [0.29, 0.717) is 165 Å². The van der Waals surface area contributed by atoms with Crippen LogP contribution in [0.25, 0.3) is 22.3 Å². The maximum atomic E-state index is 15.3. The van der Waals surface area contributed by atoms with E-state index in [2.05, 4.69) is 17.6 Å². The first kappa shape index (κ1) is 59.3. The fourth-order valence-corrected chi connectivity index (χ4v) is 10.4. The summed E-state index contributed by atoms with van der Waals surface area (Å²) in [6, 6.07) is 2.47. The summed E-state index contributed by atoms with van der Waals surface area (Å²) in [5.74, 6) is -0.169. The number of amides is 2. The van der Waals surface area contributed by atoms with Crippen LogP contribution in [0.5, 0.6) is 0 Å². The van der Waals surface area contributed by atoms with Gasteiger partial charge in [-0.05, 0) is 55.4 Å². The van der Waals surface area contributed by atoms with E-state index in [4.69, 9.17) is 57.1 Å². The lowest BCUT2D eigenvalue weighted by Crippen LogP contribution is -2.44. The number of benzene rings is 1. The Bertz CT molecular complexity index is 2350. The molecule has 3 aliphatic rings. The van der Waals surface area contributed by atoms with E-state index in [1.54, 1.807) is 30.7 Å². The number of carbonyl (C=O) groups is 3. The molecule has 23 heteroatoms. The molecule has 74 heavy (non-hydrogen) atoms. The Morgan fingerprint density at radius 2 is 1.32 bits per heavy atom. The number of aliphatic hydroxyl groups is 1. The van der Waals surface area contributed by atoms with Crippen LogP contribution in [-0.4, -0.2) is 176 Å². The van der Waals surface area contributed by atoms with Gasteiger partial charge in [0, 0.05) is 53.7 Å². The van der Waals surface area contributed by atoms with E-state index >= 15 is 4.39 Å². The van der Waals surface area contributed by atoms with Gasteiger partial charge in [-0.3, -0.25) is 9.59 Å². The summed E-state index contributed by atoms with van der Waals surface area (Å²) in [5.41, 5.74) is 1.93. The minimum Gasteiger partial charge on any atom is -0.458 e. The Hall–Kier alpha value is -3.98. The third kappa shape index (κ3) is 17.0. The molecule has 0 fully saturated rings. The van der Waals surface area contributed by atoms with Gasteiger partial charge in [-0.25, -0.2) is 19.0 Å². The predicted molar refractivity (Wildman–Crippen MR) is 275 cm³/mol. The molecule has 20 nitrogen and oxygen atoms in total. The van der Waals surface area contributed by atoms with E-state index in [9.17, 15) is 24.3 Å². The van der Waals surface area contributed by atoms with E-state index in [1.165, 1.54) is 21.4 Å². The molecule has 0 saturated heterocycles. The van der Waals surface area contributed by atoms with Gasteiger partial charge in [-0.2, -0.15) is 0 Å². The van der Waals surface area contributed by atoms with Gasteiger partial charge < -0.3 is 72.4 Å². The van der Waals surface area contributed by atoms with E-state index in [-0.39, 0.29) is 56.2 Å². The highest BCUT2D eigenvalue weighted by Crippen LogP contribution is 2.46. The number of ether oxygens (including phenoxy) is 11. The Balaban J connectivity index is 0.749. The Morgan fingerprint density at radius 3 is 1.89 bits per heavy atom. The molecule has 2 amide bonds. The van der Waals surface area contributed by atoms with Gasteiger partial charge in [-0.1, -0.05) is 35.4 Å². The first-order valence-corrected chi connectivity index (χ1v) is 28.0. The molecule has 2 atom stereocenters. The first-order chi connectivity index (χ1) is 36.1. The number of hydrogen-bond acceptors (Lipinski definition) is 19. The fourth-order valence-electron chi connectivity index (χ4n) is 8.66. The number of hydrogen-bond donors (Lipinski definition) is 3. The van der Waals surface area contributed by atoms with E-state index in [1.807, 2.05) is 0 Å². The molecular formula is C51H73FN4O16S2. The summed E-state index contributed by atoms with van der Waals surface area (Å²) >= 11 is 0. The number of rotatable bonds is 38. The Kier molecular flexibility index (Phi) is 25.6. The van der Waals surface area contributed by atoms with Gasteiger partial charge in [0.15, 0.2) is 5.60 Å². The van der Waals surface area contributed by atoms with Gasteiger partial charge in [0.25, 0.3) is 5.56 Å². The highest BCUT2D eigenvalue weighted by atomic mass is 33.1. The van der Waals surface area contributed by atoms with Crippen molar-refractivity contribution >= 4 is 50.5 Å². The van der Waals surface area contributed by atoms with Crippen LogP contribution in [0.2, 0.25) is 0 Å². The molecule has 3 N–H and O–H groups in total. The number of alkyl carbamates (subject to hydrolysis) is 1. The normalized spacial score (nSPS) is 16.5. The lowest BCUT2D eigenvalue weighted by molar-refractivity contribution is -0.172. The van der Waals surface area contributed by atoms with Crippen molar-refractivity contribution in [2.24, 2.45) is 0 Å². The highest BCUT2D eigenvalue weighted by molar-refractivity contribution is 8.76. The lowest BCUT2D eigenvalue weighted by Gasteiger charge is -2.31. The third-order valence-corrected chi connectivity index (χ3v) is 14.8. The maximum Gasteiger partial charge on any atom is 0.407 e. The molecule has 412 valence electrons. The second kappa shape index (κ2) is 31.9. The van der Waals surface area contributed by atoms with Crippen LogP contribution in [0.15, 0.2) is 16.9 Å². The number of fused-ring (bicyclic) bond motifs is 5. The number of halogens is 1. The van der Waals surface area contributed by atoms with Crippen molar-refractivity contribution in [1.82, 2.24) is 20.2 Å². The van der Waals surface area contributed by atoms with Crippen LogP contribution in [0.3, 0.4) is 0 Å². The number of cyclic esters (lactones) is 1. The van der Waals surface area contributed by atoms with Crippen LogP contribution >= 0.6 is 21.6 Å². The number of pyridine rings is 2. The molecule has 6 rings (SSSR count). The summed E-state index contributed by atoms with van der Waals surface area (Å²) in [6.07, 6.45) is 1.58. The molecule has 4 heterocycles.